The Balaban J connectivity index is 1.82. The molecule has 0 aliphatic carbocycles. The van der Waals surface area contributed by atoms with E-state index < -0.39 is 0 Å². The number of benzene rings is 2. The number of halogens is 1. The highest BCUT2D eigenvalue weighted by atomic mass is 19.1. The van der Waals surface area contributed by atoms with Crippen molar-refractivity contribution in [2.45, 2.75) is 25.0 Å². The fourth-order valence-corrected chi connectivity index (χ4v) is 3.19. The zero-order valence-electron chi connectivity index (χ0n) is 14.2. The van der Waals surface area contributed by atoms with Crippen LogP contribution in [0.15, 0.2) is 48.5 Å². The second kappa shape index (κ2) is 7.76. The third-order valence-electron chi connectivity index (χ3n) is 4.60. The monoisotopic (exact) mass is 343 g/mol. The molecular weight excluding hydrogens is 321 g/mol. The minimum atomic E-state index is -0.364. The Bertz CT molecular complexity index is 724. The van der Waals surface area contributed by atoms with Crippen molar-refractivity contribution in [2.75, 3.05) is 20.2 Å². The molecule has 3 rings (SSSR count). The molecule has 0 radical (unpaired) electrons. The summed E-state index contributed by atoms with van der Waals surface area (Å²) in [6.07, 6.45) is 0.548. The molecule has 1 aliphatic rings. The molecule has 2 aromatic carbocycles. The van der Waals surface area contributed by atoms with Gasteiger partial charge in [-0.05, 0) is 48.2 Å². The van der Waals surface area contributed by atoms with Gasteiger partial charge in [0, 0.05) is 25.8 Å². The minimum absolute atomic E-state index is 0.0392. The van der Waals surface area contributed by atoms with Crippen LogP contribution in [0.2, 0.25) is 0 Å². The van der Waals surface area contributed by atoms with E-state index in [4.69, 9.17) is 4.74 Å². The number of likely N-dealkylation sites (tertiary alicyclic amines) is 1. The summed E-state index contributed by atoms with van der Waals surface area (Å²) in [5.74, 6) is -0.336. The van der Waals surface area contributed by atoms with Crippen LogP contribution in [0.1, 0.15) is 40.4 Å². The van der Waals surface area contributed by atoms with Gasteiger partial charge >= 0.3 is 0 Å². The average Bonchev–Trinajstić information content (AvgIpc) is 2.64. The van der Waals surface area contributed by atoms with E-state index >= 15 is 0 Å². The first-order chi connectivity index (χ1) is 12.1. The zero-order chi connectivity index (χ0) is 17.8. The quantitative estimate of drug-likeness (QED) is 0.928. The van der Waals surface area contributed by atoms with Crippen molar-refractivity contribution in [3.8, 4) is 0 Å². The van der Waals surface area contributed by atoms with E-state index in [1.807, 2.05) is 18.2 Å². The molecule has 1 N–H and O–H groups in total. The molecule has 4 nitrogen and oxygen atoms in total. The van der Waals surface area contributed by atoms with Gasteiger partial charge < -0.3 is 14.7 Å². The molecule has 5 heteroatoms. The summed E-state index contributed by atoms with van der Waals surface area (Å²) in [6.45, 7) is 1.13. The SMILES string of the molecule is COC(c1ccc(F)cc1)c1cccc(C(=O)N2CCC(O)CC2)c1. The van der Waals surface area contributed by atoms with E-state index in [1.54, 1.807) is 30.2 Å². The Kier molecular flexibility index (Phi) is 5.46. The number of methoxy groups -OCH3 is 1. The number of amides is 1. The van der Waals surface area contributed by atoms with Crippen LogP contribution in [-0.2, 0) is 4.74 Å². The lowest BCUT2D eigenvalue weighted by molar-refractivity contribution is 0.0546. The Labute approximate surface area is 146 Å². The number of rotatable bonds is 4. The van der Waals surface area contributed by atoms with Crippen molar-refractivity contribution in [3.05, 3.63) is 71.0 Å². The van der Waals surface area contributed by atoms with Crippen LogP contribution < -0.4 is 0 Å². The van der Waals surface area contributed by atoms with Crippen LogP contribution in [0.5, 0.6) is 0 Å². The highest BCUT2D eigenvalue weighted by molar-refractivity contribution is 5.94. The Morgan fingerprint density at radius 1 is 1.16 bits per heavy atom. The molecule has 132 valence electrons. The van der Waals surface area contributed by atoms with Gasteiger partial charge in [-0.15, -0.1) is 0 Å². The molecule has 1 amide bonds. The molecular formula is C20H22FNO3. The van der Waals surface area contributed by atoms with E-state index in [2.05, 4.69) is 0 Å². The fourth-order valence-electron chi connectivity index (χ4n) is 3.19. The number of carbonyl (C=O) groups excluding carboxylic acids is 1. The summed E-state index contributed by atoms with van der Waals surface area (Å²) in [7, 11) is 1.59. The summed E-state index contributed by atoms with van der Waals surface area (Å²) >= 11 is 0. The minimum Gasteiger partial charge on any atom is -0.393 e. The summed E-state index contributed by atoms with van der Waals surface area (Å²) in [4.78, 5) is 14.5. The molecule has 1 aliphatic heterocycles. The highest BCUT2D eigenvalue weighted by Crippen LogP contribution is 2.27. The zero-order valence-corrected chi connectivity index (χ0v) is 14.2. The largest absolute Gasteiger partial charge is 0.393 e. The lowest BCUT2D eigenvalue weighted by Crippen LogP contribution is -2.40. The second-order valence-electron chi connectivity index (χ2n) is 6.32. The molecule has 1 unspecified atom stereocenters. The summed E-state index contributed by atoms with van der Waals surface area (Å²) < 4.78 is 18.7. The van der Waals surface area contributed by atoms with E-state index in [0.717, 1.165) is 11.1 Å². The first-order valence-electron chi connectivity index (χ1n) is 8.44. The molecule has 1 saturated heterocycles. The van der Waals surface area contributed by atoms with E-state index in [-0.39, 0.29) is 23.9 Å². The molecule has 0 spiro atoms. The number of ether oxygens (including phenoxy) is 1. The number of nitrogens with zero attached hydrogens (tertiary/aromatic N) is 1. The number of hydrogen-bond acceptors (Lipinski definition) is 3. The van der Waals surface area contributed by atoms with Gasteiger partial charge in [0.05, 0.1) is 6.10 Å². The van der Waals surface area contributed by atoms with Gasteiger partial charge in [-0.25, -0.2) is 4.39 Å². The van der Waals surface area contributed by atoms with Crippen molar-refractivity contribution < 1.29 is 19.0 Å². The van der Waals surface area contributed by atoms with Crippen molar-refractivity contribution in [3.63, 3.8) is 0 Å². The van der Waals surface area contributed by atoms with Crippen LogP contribution in [0, 0.1) is 5.82 Å². The van der Waals surface area contributed by atoms with E-state index in [0.29, 0.717) is 31.5 Å². The van der Waals surface area contributed by atoms with Gasteiger partial charge in [0.25, 0.3) is 5.91 Å². The molecule has 25 heavy (non-hydrogen) atoms. The maximum Gasteiger partial charge on any atom is 0.253 e. The van der Waals surface area contributed by atoms with Gasteiger partial charge in [0.1, 0.15) is 11.9 Å². The topological polar surface area (TPSA) is 49.8 Å². The summed E-state index contributed by atoms with van der Waals surface area (Å²) in [6, 6.07) is 13.5. The number of piperidine rings is 1. The van der Waals surface area contributed by atoms with Crippen LogP contribution in [0.3, 0.4) is 0 Å². The average molecular weight is 343 g/mol. The number of aliphatic hydroxyl groups is 1. The summed E-state index contributed by atoms with van der Waals surface area (Å²) in [5, 5.41) is 9.59. The fraction of sp³-hybridized carbons (Fsp3) is 0.350. The molecule has 0 aromatic heterocycles. The van der Waals surface area contributed by atoms with Gasteiger partial charge in [-0.3, -0.25) is 4.79 Å². The Morgan fingerprint density at radius 3 is 2.48 bits per heavy atom. The standard InChI is InChI=1S/C20H22FNO3/c1-25-19(14-5-7-17(21)8-6-14)15-3-2-4-16(13-15)20(24)22-11-9-18(23)10-12-22/h2-8,13,18-19,23H,9-12H2,1H3. The first kappa shape index (κ1) is 17.6. The number of carbonyl (C=O) groups is 1. The van der Waals surface area contributed by atoms with Crippen LogP contribution in [-0.4, -0.2) is 42.2 Å². The number of hydrogen-bond donors (Lipinski definition) is 1. The first-order valence-corrected chi connectivity index (χ1v) is 8.44. The molecule has 1 heterocycles. The molecule has 2 aromatic rings. The van der Waals surface area contributed by atoms with Crippen molar-refractivity contribution in [1.82, 2.24) is 4.90 Å². The maximum atomic E-state index is 13.2. The third kappa shape index (κ3) is 4.06. The van der Waals surface area contributed by atoms with E-state index in [9.17, 15) is 14.3 Å². The maximum absolute atomic E-state index is 13.2. The molecule has 1 atom stereocenters. The molecule has 0 bridgehead atoms. The highest BCUT2D eigenvalue weighted by Gasteiger charge is 2.23. The van der Waals surface area contributed by atoms with Crippen LogP contribution in [0.25, 0.3) is 0 Å². The molecule has 1 fully saturated rings. The predicted octanol–water partition coefficient (Wildman–Crippen LogP) is 3.16. The van der Waals surface area contributed by atoms with Crippen molar-refractivity contribution in [2.24, 2.45) is 0 Å². The number of aliphatic hydroxyl groups excluding tert-OH is 1. The molecule has 0 saturated carbocycles. The predicted molar refractivity (Wildman–Crippen MR) is 92.8 cm³/mol. The van der Waals surface area contributed by atoms with Gasteiger partial charge in [0.2, 0.25) is 0 Å². The normalized spacial score (nSPS) is 16.7. The lowest BCUT2D eigenvalue weighted by Gasteiger charge is -2.30. The van der Waals surface area contributed by atoms with Crippen LogP contribution in [0.4, 0.5) is 4.39 Å². The van der Waals surface area contributed by atoms with Gasteiger partial charge in [-0.2, -0.15) is 0 Å². The Hall–Kier alpha value is -2.24. The van der Waals surface area contributed by atoms with E-state index in [1.165, 1.54) is 12.1 Å². The summed E-state index contributed by atoms with van der Waals surface area (Å²) in [5.41, 5.74) is 2.27. The second-order valence-corrected chi connectivity index (χ2v) is 6.32. The smallest absolute Gasteiger partial charge is 0.253 e. The van der Waals surface area contributed by atoms with Gasteiger partial charge in [-0.1, -0.05) is 24.3 Å². The van der Waals surface area contributed by atoms with Crippen molar-refractivity contribution in [1.29, 1.82) is 0 Å². The Morgan fingerprint density at radius 2 is 1.84 bits per heavy atom. The third-order valence-corrected chi connectivity index (χ3v) is 4.60. The van der Waals surface area contributed by atoms with Crippen LogP contribution >= 0.6 is 0 Å². The van der Waals surface area contributed by atoms with Gasteiger partial charge in [0.15, 0.2) is 0 Å². The van der Waals surface area contributed by atoms with Crippen molar-refractivity contribution >= 4 is 5.91 Å². The lowest BCUT2D eigenvalue weighted by atomic mass is 9.98.